The van der Waals surface area contributed by atoms with Gasteiger partial charge in [-0.2, -0.15) is 0 Å². The lowest BCUT2D eigenvalue weighted by Gasteiger charge is -2.14. The second-order valence-corrected chi connectivity index (χ2v) is 5.53. The van der Waals surface area contributed by atoms with Crippen LogP contribution in [0.2, 0.25) is 0 Å². The highest BCUT2D eigenvalue weighted by atomic mass is 16.3. The van der Waals surface area contributed by atoms with Crippen molar-refractivity contribution in [2.75, 3.05) is 13.2 Å². The minimum Gasteiger partial charge on any atom is -0.396 e. The average Bonchev–Trinajstić information content (AvgIpc) is 3.06. The molecule has 1 aliphatic carbocycles. The lowest BCUT2D eigenvalue weighted by molar-refractivity contribution is 0.0940. The summed E-state index contributed by atoms with van der Waals surface area (Å²) in [5, 5.41) is 11.9. The molecule has 2 N–H and O–H groups in total. The summed E-state index contributed by atoms with van der Waals surface area (Å²) in [4.78, 5) is 20.3. The molecule has 0 radical (unpaired) electrons. The lowest BCUT2D eigenvalue weighted by Crippen LogP contribution is -2.30. The van der Waals surface area contributed by atoms with E-state index in [1.165, 1.54) is 0 Å². The minimum atomic E-state index is -0.121. The van der Waals surface area contributed by atoms with Crippen molar-refractivity contribution in [2.45, 2.75) is 19.3 Å². The molecule has 2 heterocycles. The lowest BCUT2D eigenvalue weighted by atomic mass is 10.0. The molecule has 0 bridgehead atoms. The first kappa shape index (κ1) is 13.8. The standard InChI is InChI=1S/C15H18N4O2/c20-8-5-15(3-4-15)10-18-14(21)12-1-2-13(17-9-12)19-7-6-16-11-19/h1-2,6-7,9,11,20H,3-5,8,10H2,(H,18,21). The fourth-order valence-electron chi connectivity index (χ4n) is 2.37. The van der Waals surface area contributed by atoms with Crippen LogP contribution >= 0.6 is 0 Å². The van der Waals surface area contributed by atoms with Crippen molar-refractivity contribution in [1.29, 1.82) is 0 Å². The molecule has 0 aliphatic heterocycles. The Balaban J connectivity index is 1.60. The van der Waals surface area contributed by atoms with Crippen LogP contribution in [0.3, 0.4) is 0 Å². The van der Waals surface area contributed by atoms with E-state index in [2.05, 4.69) is 15.3 Å². The van der Waals surface area contributed by atoms with Crippen LogP contribution in [-0.2, 0) is 0 Å². The largest absolute Gasteiger partial charge is 0.396 e. The van der Waals surface area contributed by atoms with E-state index in [1.807, 2.05) is 0 Å². The number of hydrogen-bond donors (Lipinski definition) is 2. The normalized spacial score (nSPS) is 15.7. The van der Waals surface area contributed by atoms with Crippen LogP contribution in [0.4, 0.5) is 0 Å². The molecule has 1 fully saturated rings. The molecule has 1 amide bonds. The topological polar surface area (TPSA) is 80.0 Å². The van der Waals surface area contributed by atoms with E-state index in [1.54, 1.807) is 41.6 Å². The Morgan fingerprint density at radius 2 is 2.29 bits per heavy atom. The number of aliphatic hydroxyl groups is 1. The summed E-state index contributed by atoms with van der Waals surface area (Å²) < 4.78 is 1.78. The molecule has 0 spiro atoms. The number of nitrogens with zero attached hydrogens (tertiary/aromatic N) is 3. The summed E-state index contributed by atoms with van der Waals surface area (Å²) >= 11 is 0. The molecule has 6 nitrogen and oxygen atoms in total. The molecule has 2 aromatic heterocycles. The Hall–Kier alpha value is -2.21. The van der Waals surface area contributed by atoms with Gasteiger partial charge in [-0.05, 0) is 36.8 Å². The zero-order chi connectivity index (χ0) is 14.7. The predicted molar refractivity (Wildman–Crippen MR) is 77.1 cm³/mol. The number of pyridine rings is 1. The molecular weight excluding hydrogens is 268 g/mol. The summed E-state index contributed by atoms with van der Waals surface area (Å²) in [6.07, 6.45) is 9.61. The first-order valence-electron chi connectivity index (χ1n) is 7.06. The number of carbonyl (C=O) groups excluding carboxylic acids is 1. The monoisotopic (exact) mass is 286 g/mol. The van der Waals surface area contributed by atoms with Crippen molar-refractivity contribution in [2.24, 2.45) is 5.41 Å². The van der Waals surface area contributed by atoms with E-state index in [-0.39, 0.29) is 17.9 Å². The Bertz CT molecular complexity index is 603. The SMILES string of the molecule is O=C(NCC1(CCO)CC1)c1ccc(-n2ccnc2)nc1. The maximum Gasteiger partial charge on any atom is 0.252 e. The van der Waals surface area contributed by atoms with Gasteiger partial charge in [0, 0.05) is 31.7 Å². The van der Waals surface area contributed by atoms with E-state index in [0.717, 1.165) is 25.1 Å². The number of amides is 1. The number of hydrogen-bond acceptors (Lipinski definition) is 4. The number of imidazole rings is 1. The van der Waals surface area contributed by atoms with Crippen LogP contribution < -0.4 is 5.32 Å². The van der Waals surface area contributed by atoms with E-state index in [0.29, 0.717) is 12.1 Å². The Morgan fingerprint density at radius 1 is 1.43 bits per heavy atom. The summed E-state index contributed by atoms with van der Waals surface area (Å²) in [6.45, 7) is 0.798. The van der Waals surface area contributed by atoms with Gasteiger partial charge in [-0.15, -0.1) is 0 Å². The summed E-state index contributed by atoms with van der Waals surface area (Å²) in [5.74, 6) is 0.604. The highest BCUT2D eigenvalue weighted by molar-refractivity contribution is 5.93. The van der Waals surface area contributed by atoms with Gasteiger partial charge >= 0.3 is 0 Å². The summed E-state index contributed by atoms with van der Waals surface area (Å²) in [5.41, 5.74) is 0.660. The Morgan fingerprint density at radius 3 is 2.86 bits per heavy atom. The molecule has 0 saturated heterocycles. The summed E-state index contributed by atoms with van der Waals surface area (Å²) in [7, 11) is 0. The van der Waals surface area contributed by atoms with Crippen LogP contribution in [0.25, 0.3) is 5.82 Å². The molecular formula is C15H18N4O2. The molecule has 0 unspecified atom stereocenters. The minimum absolute atomic E-state index is 0.120. The van der Waals surface area contributed by atoms with Gasteiger partial charge in [0.15, 0.2) is 0 Å². The van der Waals surface area contributed by atoms with Gasteiger partial charge in [-0.1, -0.05) is 0 Å². The van der Waals surface area contributed by atoms with Gasteiger partial charge < -0.3 is 10.4 Å². The van der Waals surface area contributed by atoms with E-state index in [4.69, 9.17) is 5.11 Å². The van der Waals surface area contributed by atoms with Crippen LogP contribution in [0, 0.1) is 5.41 Å². The predicted octanol–water partition coefficient (Wildman–Crippen LogP) is 1.16. The van der Waals surface area contributed by atoms with Crippen LogP contribution in [0.5, 0.6) is 0 Å². The molecule has 2 aromatic rings. The third-order valence-electron chi connectivity index (χ3n) is 4.00. The van der Waals surface area contributed by atoms with Crippen LogP contribution in [-0.4, -0.2) is 38.7 Å². The fourth-order valence-corrected chi connectivity index (χ4v) is 2.37. The Labute approximate surface area is 122 Å². The second-order valence-electron chi connectivity index (χ2n) is 5.53. The number of aliphatic hydroxyl groups excluding tert-OH is 1. The fraction of sp³-hybridized carbons (Fsp3) is 0.400. The van der Waals surface area contributed by atoms with Gasteiger partial charge in [0.2, 0.25) is 0 Å². The molecule has 0 atom stereocenters. The highest BCUT2D eigenvalue weighted by Crippen LogP contribution is 2.47. The molecule has 6 heteroatoms. The molecule has 1 aliphatic rings. The third-order valence-corrected chi connectivity index (χ3v) is 4.00. The quantitative estimate of drug-likeness (QED) is 0.835. The maximum atomic E-state index is 12.1. The molecule has 3 rings (SSSR count). The second kappa shape index (κ2) is 5.65. The van der Waals surface area contributed by atoms with Crippen molar-refractivity contribution in [3.05, 3.63) is 42.6 Å². The van der Waals surface area contributed by atoms with Crippen molar-refractivity contribution < 1.29 is 9.90 Å². The average molecular weight is 286 g/mol. The van der Waals surface area contributed by atoms with Gasteiger partial charge in [0.25, 0.3) is 5.91 Å². The molecule has 0 aromatic carbocycles. The first-order valence-corrected chi connectivity index (χ1v) is 7.06. The van der Waals surface area contributed by atoms with Crippen LogP contribution in [0.15, 0.2) is 37.1 Å². The van der Waals surface area contributed by atoms with Gasteiger partial charge in [-0.25, -0.2) is 9.97 Å². The number of carbonyl (C=O) groups is 1. The van der Waals surface area contributed by atoms with E-state index >= 15 is 0 Å². The third kappa shape index (κ3) is 3.11. The number of aromatic nitrogens is 3. The van der Waals surface area contributed by atoms with Crippen molar-refractivity contribution in [1.82, 2.24) is 19.9 Å². The molecule has 110 valence electrons. The zero-order valence-corrected chi connectivity index (χ0v) is 11.7. The smallest absolute Gasteiger partial charge is 0.252 e. The molecule has 21 heavy (non-hydrogen) atoms. The van der Waals surface area contributed by atoms with Crippen molar-refractivity contribution in [3.8, 4) is 5.82 Å². The number of nitrogens with one attached hydrogen (secondary N) is 1. The molecule has 1 saturated carbocycles. The number of rotatable bonds is 6. The van der Waals surface area contributed by atoms with Gasteiger partial charge in [0.1, 0.15) is 12.1 Å². The highest BCUT2D eigenvalue weighted by Gasteiger charge is 2.41. The van der Waals surface area contributed by atoms with E-state index in [9.17, 15) is 4.79 Å². The maximum absolute atomic E-state index is 12.1. The van der Waals surface area contributed by atoms with Gasteiger partial charge in [-0.3, -0.25) is 9.36 Å². The summed E-state index contributed by atoms with van der Waals surface area (Å²) in [6, 6.07) is 3.54. The van der Waals surface area contributed by atoms with Crippen molar-refractivity contribution in [3.63, 3.8) is 0 Å². The van der Waals surface area contributed by atoms with Crippen LogP contribution in [0.1, 0.15) is 29.6 Å². The van der Waals surface area contributed by atoms with Crippen molar-refractivity contribution >= 4 is 5.91 Å². The van der Waals surface area contributed by atoms with Gasteiger partial charge in [0.05, 0.1) is 5.56 Å². The Kier molecular flexibility index (Phi) is 3.70. The van der Waals surface area contributed by atoms with E-state index < -0.39 is 0 Å². The zero-order valence-electron chi connectivity index (χ0n) is 11.7. The first-order chi connectivity index (χ1) is 10.2.